The van der Waals surface area contributed by atoms with Gasteiger partial charge in [0.2, 0.25) is 5.88 Å². The van der Waals surface area contributed by atoms with Gasteiger partial charge in [0.05, 0.1) is 26.5 Å². The van der Waals surface area contributed by atoms with Crippen LogP contribution in [0.25, 0.3) is 0 Å². The number of aliphatic imine (C=N–C) groups is 1. The van der Waals surface area contributed by atoms with Crippen molar-refractivity contribution in [1.29, 1.82) is 0 Å². The van der Waals surface area contributed by atoms with Crippen molar-refractivity contribution in [2.45, 2.75) is 25.9 Å². The van der Waals surface area contributed by atoms with Crippen molar-refractivity contribution in [3.05, 3.63) is 47.1 Å². The van der Waals surface area contributed by atoms with Gasteiger partial charge in [-0.25, -0.2) is 9.98 Å². The van der Waals surface area contributed by atoms with E-state index in [9.17, 15) is 0 Å². The highest BCUT2D eigenvalue weighted by Crippen LogP contribution is 2.33. The first kappa shape index (κ1) is 21.0. The number of methoxy groups -OCH3 is 2. The monoisotopic (exact) mass is 417 g/mol. The normalized spacial score (nSPS) is 16.6. The zero-order chi connectivity index (χ0) is 20.6. The van der Waals surface area contributed by atoms with E-state index in [1.54, 1.807) is 20.4 Å². The van der Waals surface area contributed by atoms with Gasteiger partial charge in [0.25, 0.3) is 0 Å². The van der Waals surface area contributed by atoms with Crippen molar-refractivity contribution < 1.29 is 9.47 Å². The number of aromatic nitrogens is 1. The highest BCUT2D eigenvalue weighted by molar-refractivity contribution is 6.30. The summed E-state index contributed by atoms with van der Waals surface area (Å²) < 4.78 is 10.8. The maximum absolute atomic E-state index is 6.20. The van der Waals surface area contributed by atoms with Crippen molar-refractivity contribution in [3.63, 3.8) is 0 Å². The van der Waals surface area contributed by atoms with E-state index in [0.717, 1.165) is 49.0 Å². The number of benzene rings is 1. The fourth-order valence-corrected chi connectivity index (χ4v) is 3.58. The van der Waals surface area contributed by atoms with Gasteiger partial charge >= 0.3 is 0 Å². The lowest BCUT2D eigenvalue weighted by molar-refractivity contribution is 0.392. The van der Waals surface area contributed by atoms with Crippen LogP contribution in [0.15, 0.2) is 41.5 Å². The lowest BCUT2D eigenvalue weighted by Gasteiger charge is -2.22. The Morgan fingerprint density at radius 2 is 2.17 bits per heavy atom. The van der Waals surface area contributed by atoms with Crippen LogP contribution in [-0.2, 0) is 6.54 Å². The van der Waals surface area contributed by atoms with Gasteiger partial charge in [-0.3, -0.25) is 0 Å². The molecule has 1 saturated heterocycles. The lowest BCUT2D eigenvalue weighted by atomic mass is 10.2. The van der Waals surface area contributed by atoms with Gasteiger partial charge in [-0.1, -0.05) is 17.7 Å². The Bertz CT molecular complexity index is 846. The SMILES string of the molecule is CCNC(=NCc1cccnc1OC)NC1CCN(c2cc(Cl)ccc2OC)C1. The third kappa shape index (κ3) is 5.44. The summed E-state index contributed by atoms with van der Waals surface area (Å²) in [7, 11) is 3.30. The fourth-order valence-electron chi connectivity index (χ4n) is 3.41. The molecule has 156 valence electrons. The number of anilines is 1. The zero-order valence-corrected chi connectivity index (χ0v) is 17.9. The second-order valence-corrected chi connectivity index (χ2v) is 7.20. The number of hydrogen-bond acceptors (Lipinski definition) is 5. The number of nitrogens with zero attached hydrogens (tertiary/aromatic N) is 3. The molecule has 0 amide bonds. The number of guanidine groups is 1. The summed E-state index contributed by atoms with van der Waals surface area (Å²) in [5.41, 5.74) is 1.97. The second kappa shape index (κ2) is 10.2. The van der Waals surface area contributed by atoms with Crippen LogP contribution in [-0.4, -0.2) is 50.8 Å². The highest BCUT2D eigenvalue weighted by Gasteiger charge is 2.25. The van der Waals surface area contributed by atoms with Crippen LogP contribution in [0.4, 0.5) is 5.69 Å². The quantitative estimate of drug-likeness (QED) is 0.533. The Morgan fingerprint density at radius 1 is 1.31 bits per heavy atom. The number of pyridine rings is 1. The number of hydrogen-bond donors (Lipinski definition) is 2. The molecule has 1 aromatic carbocycles. The molecule has 7 nitrogen and oxygen atoms in total. The van der Waals surface area contributed by atoms with Gasteiger partial charge < -0.3 is 25.0 Å². The summed E-state index contributed by atoms with van der Waals surface area (Å²) in [6, 6.07) is 9.84. The van der Waals surface area contributed by atoms with E-state index in [0.29, 0.717) is 17.4 Å². The number of halogens is 1. The van der Waals surface area contributed by atoms with E-state index in [2.05, 4.69) is 27.4 Å². The molecule has 2 aromatic rings. The van der Waals surface area contributed by atoms with Crippen molar-refractivity contribution in [1.82, 2.24) is 15.6 Å². The van der Waals surface area contributed by atoms with Crippen LogP contribution in [0, 0.1) is 0 Å². The predicted octanol–water partition coefficient (Wildman–Crippen LogP) is 3.09. The van der Waals surface area contributed by atoms with Crippen LogP contribution in [0.2, 0.25) is 5.02 Å². The third-order valence-corrected chi connectivity index (χ3v) is 5.04. The standard InChI is InChI=1S/C21H28ClN5O2/c1-4-23-21(25-13-15-6-5-10-24-20(15)29-3)26-17-9-11-27(14-17)18-12-16(22)7-8-19(18)28-2/h5-8,10,12,17H,4,9,11,13-14H2,1-3H3,(H2,23,25,26). The van der Waals surface area contributed by atoms with Crippen LogP contribution in [0.3, 0.4) is 0 Å². The van der Waals surface area contributed by atoms with E-state index >= 15 is 0 Å². The maximum Gasteiger partial charge on any atom is 0.218 e. The van der Waals surface area contributed by atoms with Crippen molar-refractivity contribution >= 4 is 23.2 Å². The molecule has 2 N–H and O–H groups in total. The smallest absolute Gasteiger partial charge is 0.218 e. The molecule has 1 aliphatic rings. The predicted molar refractivity (Wildman–Crippen MR) is 117 cm³/mol. The molecular weight excluding hydrogens is 390 g/mol. The summed E-state index contributed by atoms with van der Waals surface area (Å²) >= 11 is 6.20. The Hall–Kier alpha value is -2.67. The van der Waals surface area contributed by atoms with Gasteiger partial charge in [0.1, 0.15) is 5.75 Å². The second-order valence-electron chi connectivity index (χ2n) is 6.76. The summed E-state index contributed by atoms with van der Waals surface area (Å²) in [5, 5.41) is 7.56. The van der Waals surface area contributed by atoms with Crippen LogP contribution in [0.5, 0.6) is 11.6 Å². The first-order chi connectivity index (χ1) is 14.1. The average Bonchev–Trinajstić information content (AvgIpc) is 3.20. The van der Waals surface area contributed by atoms with Crippen molar-refractivity contribution in [2.75, 3.05) is 38.8 Å². The van der Waals surface area contributed by atoms with Crippen molar-refractivity contribution in [2.24, 2.45) is 4.99 Å². The maximum atomic E-state index is 6.20. The molecule has 1 unspecified atom stereocenters. The molecule has 1 aliphatic heterocycles. The van der Waals surface area contributed by atoms with Gasteiger partial charge in [-0.2, -0.15) is 0 Å². The Morgan fingerprint density at radius 3 is 2.93 bits per heavy atom. The van der Waals surface area contributed by atoms with E-state index in [1.165, 1.54) is 0 Å². The summed E-state index contributed by atoms with van der Waals surface area (Å²) in [6.45, 7) is 5.10. The van der Waals surface area contributed by atoms with Crippen LogP contribution < -0.4 is 25.0 Å². The van der Waals surface area contributed by atoms with Gasteiger partial charge in [-0.15, -0.1) is 0 Å². The number of ether oxygens (including phenoxy) is 2. The molecule has 1 aromatic heterocycles. The first-order valence-electron chi connectivity index (χ1n) is 9.75. The minimum absolute atomic E-state index is 0.271. The number of nitrogens with one attached hydrogen (secondary N) is 2. The third-order valence-electron chi connectivity index (χ3n) is 4.81. The molecule has 1 fully saturated rings. The Balaban J connectivity index is 1.66. The summed E-state index contributed by atoms with van der Waals surface area (Å²) in [6.07, 6.45) is 2.71. The topological polar surface area (TPSA) is 71.0 Å². The van der Waals surface area contributed by atoms with Gasteiger partial charge in [-0.05, 0) is 37.6 Å². The van der Waals surface area contributed by atoms with Crippen LogP contribution in [0.1, 0.15) is 18.9 Å². The van der Waals surface area contributed by atoms with Gasteiger partial charge in [0, 0.05) is 42.5 Å². The van der Waals surface area contributed by atoms with E-state index in [1.807, 2.05) is 30.3 Å². The molecule has 0 spiro atoms. The molecule has 0 saturated carbocycles. The Kier molecular flexibility index (Phi) is 7.41. The van der Waals surface area contributed by atoms with E-state index in [-0.39, 0.29) is 6.04 Å². The first-order valence-corrected chi connectivity index (χ1v) is 10.1. The average molecular weight is 418 g/mol. The van der Waals surface area contributed by atoms with E-state index < -0.39 is 0 Å². The molecule has 0 radical (unpaired) electrons. The summed E-state index contributed by atoms with van der Waals surface area (Å²) in [4.78, 5) is 11.2. The molecular formula is C21H28ClN5O2. The molecule has 3 rings (SSSR count). The zero-order valence-electron chi connectivity index (χ0n) is 17.1. The minimum atomic E-state index is 0.271. The van der Waals surface area contributed by atoms with Gasteiger partial charge in [0.15, 0.2) is 5.96 Å². The molecule has 29 heavy (non-hydrogen) atoms. The number of rotatable bonds is 7. The Labute approximate surface area is 177 Å². The molecule has 2 heterocycles. The van der Waals surface area contributed by atoms with E-state index in [4.69, 9.17) is 26.1 Å². The fraction of sp³-hybridized carbons (Fsp3) is 0.429. The highest BCUT2D eigenvalue weighted by atomic mass is 35.5. The van der Waals surface area contributed by atoms with Crippen LogP contribution >= 0.6 is 11.6 Å². The molecule has 0 bridgehead atoms. The largest absolute Gasteiger partial charge is 0.495 e. The summed E-state index contributed by atoms with van der Waals surface area (Å²) in [5.74, 6) is 2.22. The lowest BCUT2D eigenvalue weighted by Crippen LogP contribution is -2.44. The van der Waals surface area contributed by atoms with Crippen molar-refractivity contribution in [3.8, 4) is 11.6 Å². The minimum Gasteiger partial charge on any atom is -0.495 e. The molecule has 1 atom stereocenters. The molecule has 8 heteroatoms. The molecule has 0 aliphatic carbocycles.